The maximum atomic E-state index is 12.4. The van der Waals surface area contributed by atoms with Crippen LogP contribution in [-0.2, 0) is 0 Å². The van der Waals surface area contributed by atoms with Crippen molar-refractivity contribution in [2.45, 2.75) is 38.5 Å². The summed E-state index contributed by atoms with van der Waals surface area (Å²) < 4.78 is 0. The minimum absolute atomic E-state index is 0. The number of aromatic nitrogens is 3. The van der Waals surface area contributed by atoms with Crippen molar-refractivity contribution in [2.75, 3.05) is 32.7 Å². The zero-order chi connectivity index (χ0) is 21.6. The van der Waals surface area contributed by atoms with Gasteiger partial charge in [-0.25, -0.2) is 4.98 Å². The molecule has 9 nitrogen and oxygen atoms in total. The summed E-state index contributed by atoms with van der Waals surface area (Å²) in [7, 11) is 0. The Balaban J connectivity index is 0.00000289. The number of carbonyl (C=O) groups is 2. The van der Waals surface area contributed by atoms with Crippen LogP contribution in [0.1, 0.15) is 65.1 Å². The Morgan fingerprint density at radius 2 is 1.84 bits per heavy atom. The van der Waals surface area contributed by atoms with Crippen molar-refractivity contribution in [3.63, 3.8) is 0 Å². The van der Waals surface area contributed by atoms with Gasteiger partial charge in [0, 0.05) is 38.6 Å². The van der Waals surface area contributed by atoms with Crippen LogP contribution in [-0.4, -0.2) is 75.5 Å². The molecular formula is C22H30IN7O2. The van der Waals surface area contributed by atoms with Gasteiger partial charge in [-0.05, 0) is 44.7 Å². The second kappa shape index (κ2) is 11.4. The van der Waals surface area contributed by atoms with Crippen LogP contribution in [0.3, 0.4) is 0 Å². The second-order valence-corrected chi connectivity index (χ2v) is 7.88. The molecule has 0 spiro atoms. The molecule has 10 heteroatoms. The summed E-state index contributed by atoms with van der Waals surface area (Å²) >= 11 is 0. The predicted molar refractivity (Wildman–Crippen MR) is 132 cm³/mol. The topological polar surface area (TPSA) is 107 Å². The molecule has 2 amide bonds. The second-order valence-electron chi connectivity index (χ2n) is 7.88. The third-order valence-electron chi connectivity index (χ3n) is 5.88. The number of aromatic amines is 1. The first-order valence-electron chi connectivity index (χ1n) is 11.0. The monoisotopic (exact) mass is 551 g/mol. The molecule has 1 aromatic carbocycles. The lowest BCUT2D eigenvalue weighted by Gasteiger charge is -2.33. The maximum absolute atomic E-state index is 12.4. The molecule has 172 valence electrons. The smallest absolute Gasteiger partial charge is 0.261 e. The molecule has 0 aliphatic carbocycles. The van der Waals surface area contributed by atoms with E-state index in [1.54, 1.807) is 30.6 Å². The van der Waals surface area contributed by atoms with Crippen molar-refractivity contribution < 1.29 is 9.59 Å². The number of nitrogens with zero attached hydrogens (tertiary/aromatic N) is 5. The van der Waals surface area contributed by atoms with Gasteiger partial charge in [0.1, 0.15) is 12.2 Å². The number of fused-ring (bicyclic) bond motifs is 1. The van der Waals surface area contributed by atoms with Gasteiger partial charge in [-0.3, -0.25) is 24.6 Å². The number of likely N-dealkylation sites (tertiary alicyclic amines) is 1. The Bertz CT molecular complexity index is 905. The van der Waals surface area contributed by atoms with E-state index in [4.69, 9.17) is 4.99 Å². The minimum Gasteiger partial charge on any atom is -0.357 e. The van der Waals surface area contributed by atoms with Crippen molar-refractivity contribution in [1.29, 1.82) is 0 Å². The number of hydrogen-bond acceptors (Lipinski definition) is 5. The lowest BCUT2D eigenvalue weighted by Crippen LogP contribution is -2.45. The van der Waals surface area contributed by atoms with Gasteiger partial charge >= 0.3 is 0 Å². The number of imide groups is 1. The first-order valence-corrected chi connectivity index (χ1v) is 11.0. The first kappa shape index (κ1) is 24.1. The largest absolute Gasteiger partial charge is 0.357 e. The minimum atomic E-state index is -0.188. The highest BCUT2D eigenvalue weighted by Gasteiger charge is 2.34. The van der Waals surface area contributed by atoms with E-state index in [9.17, 15) is 9.59 Å². The van der Waals surface area contributed by atoms with Crippen LogP contribution in [0.4, 0.5) is 0 Å². The number of carbonyl (C=O) groups excluding carboxylic acids is 2. The van der Waals surface area contributed by atoms with E-state index in [0.717, 1.165) is 57.1 Å². The fourth-order valence-corrected chi connectivity index (χ4v) is 4.21. The Kier molecular flexibility index (Phi) is 8.60. The van der Waals surface area contributed by atoms with Crippen LogP contribution < -0.4 is 5.32 Å². The summed E-state index contributed by atoms with van der Waals surface area (Å²) in [4.78, 5) is 37.6. The number of nitrogens with one attached hydrogen (secondary N) is 2. The van der Waals surface area contributed by atoms with Gasteiger partial charge in [-0.1, -0.05) is 12.1 Å². The Morgan fingerprint density at radius 3 is 2.44 bits per heavy atom. The number of piperidine rings is 1. The molecular weight excluding hydrogens is 521 g/mol. The molecule has 2 N–H and O–H groups in total. The van der Waals surface area contributed by atoms with E-state index in [1.807, 2.05) is 0 Å². The van der Waals surface area contributed by atoms with Crippen molar-refractivity contribution in [3.8, 4) is 0 Å². The van der Waals surface area contributed by atoms with Gasteiger partial charge in [0.2, 0.25) is 0 Å². The van der Waals surface area contributed by atoms with Crippen LogP contribution in [0, 0.1) is 0 Å². The van der Waals surface area contributed by atoms with Crippen molar-refractivity contribution in [1.82, 2.24) is 30.3 Å². The first-order chi connectivity index (χ1) is 15.2. The number of amides is 2. The van der Waals surface area contributed by atoms with Crippen LogP contribution in [0.25, 0.3) is 0 Å². The predicted octanol–water partition coefficient (Wildman–Crippen LogP) is 2.64. The Morgan fingerprint density at radius 1 is 1.16 bits per heavy atom. The number of unbranched alkanes of at least 4 members (excludes halogenated alkanes) is 1. The molecule has 0 radical (unpaired) electrons. The third-order valence-corrected chi connectivity index (χ3v) is 5.88. The zero-order valence-corrected chi connectivity index (χ0v) is 20.6. The highest BCUT2D eigenvalue weighted by atomic mass is 127. The number of rotatable bonds is 7. The molecule has 1 fully saturated rings. The van der Waals surface area contributed by atoms with Gasteiger partial charge in [-0.15, -0.1) is 24.0 Å². The molecule has 0 unspecified atom stereocenters. The van der Waals surface area contributed by atoms with Gasteiger partial charge in [-0.2, -0.15) is 5.10 Å². The van der Waals surface area contributed by atoms with E-state index in [0.29, 0.717) is 30.1 Å². The van der Waals surface area contributed by atoms with Gasteiger partial charge < -0.3 is 10.2 Å². The molecule has 4 rings (SSSR count). The van der Waals surface area contributed by atoms with Crippen LogP contribution >= 0.6 is 24.0 Å². The van der Waals surface area contributed by atoms with Crippen LogP contribution in [0.2, 0.25) is 0 Å². The fourth-order valence-electron chi connectivity index (χ4n) is 4.21. The van der Waals surface area contributed by atoms with E-state index < -0.39 is 0 Å². The van der Waals surface area contributed by atoms with E-state index in [1.165, 1.54) is 4.90 Å². The van der Waals surface area contributed by atoms with E-state index >= 15 is 0 Å². The van der Waals surface area contributed by atoms with Gasteiger partial charge in [0.15, 0.2) is 5.96 Å². The highest BCUT2D eigenvalue weighted by molar-refractivity contribution is 14.0. The summed E-state index contributed by atoms with van der Waals surface area (Å²) in [6.07, 6.45) is 5.15. The summed E-state index contributed by atoms with van der Waals surface area (Å²) in [5.41, 5.74) is 1.02. The number of aliphatic imine (C=N–C) groups is 1. The molecule has 0 bridgehead atoms. The lowest BCUT2D eigenvalue weighted by atomic mass is 9.96. The standard InChI is InChI=1S/C22H29N7O2.HI/c1-2-23-22(28-13-9-16(10-14-28)19-25-15-26-27-19)24-11-5-6-12-29-20(30)17-7-3-4-8-18(17)21(29)31;/h3-4,7-8,15-16H,2,5-6,9-14H2,1H3,(H,23,24)(H,25,26,27);1H. The number of guanidine groups is 1. The molecule has 3 heterocycles. The molecule has 32 heavy (non-hydrogen) atoms. The number of hydrogen-bond donors (Lipinski definition) is 2. The molecule has 2 aliphatic rings. The maximum Gasteiger partial charge on any atom is 0.261 e. The third kappa shape index (κ3) is 5.28. The number of H-pyrrole nitrogens is 1. The highest BCUT2D eigenvalue weighted by Crippen LogP contribution is 2.25. The SMILES string of the molecule is CCNC(=NCCCCN1C(=O)c2ccccc2C1=O)N1CCC(c2ncn[nH]2)CC1.I. The summed E-state index contributed by atoms with van der Waals surface area (Å²) in [6, 6.07) is 7.01. The van der Waals surface area contributed by atoms with Crippen molar-refractivity contribution >= 4 is 41.8 Å². The fraction of sp³-hybridized carbons (Fsp3) is 0.500. The summed E-state index contributed by atoms with van der Waals surface area (Å²) in [5, 5.41) is 10.3. The molecule has 1 aromatic heterocycles. The molecule has 0 saturated carbocycles. The zero-order valence-electron chi connectivity index (χ0n) is 18.3. The number of halogens is 1. The average Bonchev–Trinajstić information content (AvgIpc) is 3.42. The van der Waals surface area contributed by atoms with Crippen molar-refractivity contribution in [2.24, 2.45) is 4.99 Å². The molecule has 1 saturated heterocycles. The van der Waals surface area contributed by atoms with Crippen LogP contribution in [0.5, 0.6) is 0 Å². The Labute approximate surface area is 205 Å². The van der Waals surface area contributed by atoms with Crippen molar-refractivity contribution in [3.05, 3.63) is 47.5 Å². The summed E-state index contributed by atoms with van der Waals surface area (Å²) in [6.45, 7) is 5.82. The summed E-state index contributed by atoms with van der Waals surface area (Å²) in [5.74, 6) is 1.94. The normalized spacial score (nSPS) is 16.8. The van der Waals surface area contributed by atoms with E-state index in [-0.39, 0.29) is 35.8 Å². The lowest BCUT2D eigenvalue weighted by molar-refractivity contribution is 0.0652. The quantitative estimate of drug-likeness (QED) is 0.180. The van der Waals surface area contributed by atoms with Crippen LogP contribution in [0.15, 0.2) is 35.6 Å². The van der Waals surface area contributed by atoms with E-state index in [2.05, 4.69) is 32.3 Å². The molecule has 2 aromatic rings. The molecule has 0 atom stereocenters. The average molecular weight is 551 g/mol. The van der Waals surface area contributed by atoms with Gasteiger partial charge in [0.05, 0.1) is 11.1 Å². The molecule has 2 aliphatic heterocycles. The van der Waals surface area contributed by atoms with Gasteiger partial charge in [0.25, 0.3) is 11.8 Å². The Hall–Kier alpha value is -2.50. The number of benzene rings is 1.